The van der Waals surface area contributed by atoms with Gasteiger partial charge in [0.1, 0.15) is 11.6 Å². The quantitative estimate of drug-likeness (QED) is 0.944. The molecule has 23 heavy (non-hydrogen) atoms. The molecule has 0 aliphatic carbocycles. The maximum absolute atomic E-state index is 13.6. The number of anilines is 2. The highest BCUT2D eigenvalue weighted by Gasteiger charge is 2.15. The fourth-order valence-corrected chi connectivity index (χ4v) is 2.54. The van der Waals surface area contributed by atoms with E-state index in [0.717, 1.165) is 31.9 Å². The van der Waals surface area contributed by atoms with Crippen molar-refractivity contribution in [2.75, 3.05) is 43.4 Å². The minimum atomic E-state index is -0.543. The molecule has 1 fully saturated rings. The van der Waals surface area contributed by atoms with E-state index in [0.29, 0.717) is 5.82 Å². The van der Waals surface area contributed by atoms with Crippen LogP contribution in [0.15, 0.2) is 42.6 Å². The van der Waals surface area contributed by atoms with Gasteiger partial charge in [-0.1, -0.05) is 12.1 Å². The fourth-order valence-electron chi connectivity index (χ4n) is 2.54. The largest absolute Gasteiger partial charge is 0.368 e. The minimum absolute atomic E-state index is 0.0115. The summed E-state index contributed by atoms with van der Waals surface area (Å²) in [7, 11) is 2.11. The van der Waals surface area contributed by atoms with Crippen LogP contribution in [0.25, 0.3) is 0 Å². The Kier molecular flexibility index (Phi) is 4.52. The summed E-state index contributed by atoms with van der Waals surface area (Å²) in [5, 5.41) is 2.62. The van der Waals surface area contributed by atoms with Crippen molar-refractivity contribution in [3.8, 4) is 0 Å². The summed E-state index contributed by atoms with van der Waals surface area (Å²) in [5.41, 5.74) is 1.04. The number of hydrogen-bond acceptors (Lipinski definition) is 4. The summed E-state index contributed by atoms with van der Waals surface area (Å²) in [5.74, 6) is -0.627. The Morgan fingerprint density at radius 3 is 2.52 bits per heavy atom. The summed E-state index contributed by atoms with van der Waals surface area (Å²) >= 11 is 0. The lowest BCUT2D eigenvalue weighted by molar-refractivity contribution is 0.102. The molecular formula is C17H19FN4O. The van der Waals surface area contributed by atoms with Crippen LogP contribution in [0, 0.1) is 5.82 Å². The number of nitrogens with one attached hydrogen (secondary N) is 1. The molecule has 2 heterocycles. The zero-order valence-electron chi connectivity index (χ0n) is 13.0. The first-order chi connectivity index (χ1) is 11.1. The summed E-state index contributed by atoms with van der Waals surface area (Å²) in [6.07, 6.45) is 1.74. The molecule has 1 amide bonds. The molecule has 0 bridgehead atoms. The number of aromatic nitrogens is 1. The lowest BCUT2D eigenvalue weighted by atomic mass is 10.2. The number of amides is 1. The molecule has 6 heteroatoms. The first-order valence-electron chi connectivity index (χ1n) is 7.59. The molecule has 2 aromatic rings. The molecular weight excluding hydrogens is 295 g/mol. The van der Waals surface area contributed by atoms with Crippen LogP contribution in [0.4, 0.5) is 15.9 Å². The molecule has 1 aliphatic rings. The SMILES string of the molecule is CN1CCN(c2ccc(NC(=O)c3ccccc3F)nc2)CC1. The highest BCUT2D eigenvalue weighted by molar-refractivity contribution is 6.03. The molecule has 1 aromatic heterocycles. The maximum atomic E-state index is 13.6. The second kappa shape index (κ2) is 6.75. The van der Waals surface area contributed by atoms with E-state index in [1.807, 2.05) is 6.07 Å². The van der Waals surface area contributed by atoms with Crippen molar-refractivity contribution >= 4 is 17.4 Å². The zero-order valence-corrected chi connectivity index (χ0v) is 13.0. The molecule has 0 unspecified atom stereocenters. The lowest BCUT2D eigenvalue weighted by Crippen LogP contribution is -2.44. The lowest BCUT2D eigenvalue weighted by Gasteiger charge is -2.33. The number of nitrogens with zero attached hydrogens (tertiary/aromatic N) is 3. The number of piperazine rings is 1. The number of pyridine rings is 1. The number of hydrogen-bond donors (Lipinski definition) is 1. The summed E-state index contributed by atoms with van der Waals surface area (Å²) in [6.45, 7) is 3.95. The monoisotopic (exact) mass is 314 g/mol. The molecule has 1 saturated heterocycles. The Balaban J connectivity index is 1.66. The van der Waals surface area contributed by atoms with Gasteiger partial charge in [0.25, 0.3) is 5.91 Å². The van der Waals surface area contributed by atoms with E-state index in [1.54, 1.807) is 24.4 Å². The third kappa shape index (κ3) is 3.65. The van der Waals surface area contributed by atoms with Gasteiger partial charge in [-0.15, -0.1) is 0 Å². The number of rotatable bonds is 3. The zero-order chi connectivity index (χ0) is 16.2. The van der Waals surface area contributed by atoms with Crippen LogP contribution in [-0.2, 0) is 0 Å². The molecule has 1 aliphatic heterocycles. The molecule has 1 aromatic carbocycles. The van der Waals surface area contributed by atoms with Crippen LogP contribution in [-0.4, -0.2) is 49.0 Å². The van der Waals surface area contributed by atoms with E-state index in [1.165, 1.54) is 12.1 Å². The van der Waals surface area contributed by atoms with E-state index >= 15 is 0 Å². The van der Waals surface area contributed by atoms with Crippen molar-refractivity contribution in [1.82, 2.24) is 9.88 Å². The maximum Gasteiger partial charge on any atom is 0.259 e. The van der Waals surface area contributed by atoms with Crippen molar-refractivity contribution in [1.29, 1.82) is 0 Å². The van der Waals surface area contributed by atoms with Crippen molar-refractivity contribution in [3.05, 3.63) is 54.0 Å². The standard InChI is InChI=1S/C17H19FN4O/c1-21-8-10-22(11-9-21)13-6-7-16(19-12-13)20-17(23)14-4-2-3-5-15(14)18/h2-7,12H,8-11H2,1H3,(H,19,20,23). The van der Waals surface area contributed by atoms with Gasteiger partial charge in [0.15, 0.2) is 0 Å². The molecule has 3 rings (SSSR count). The molecule has 0 atom stereocenters. The highest BCUT2D eigenvalue weighted by atomic mass is 19.1. The second-order valence-corrected chi connectivity index (χ2v) is 5.63. The highest BCUT2D eigenvalue weighted by Crippen LogP contribution is 2.17. The Bertz CT molecular complexity index is 681. The number of halogens is 1. The van der Waals surface area contributed by atoms with Gasteiger partial charge in [-0.2, -0.15) is 0 Å². The third-order valence-corrected chi connectivity index (χ3v) is 3.98. The fraction of sp³-hybridized carbons (Fsp3) is 0.294. The van der Waals surface area contributed by atoms with Crippen LogP contribution >= 0.6 is 0 Å². The van der Waals surface area contributed by atoms with E-state index in [-0.39, 0.29) is 5.56 Å². The van der Waals surface area contributed by atoms with Crippen LogP contribution in [0.5, 0.6) is 0 Å². The van der Waals surface area contributed by atoms with Crippen molar-refractivity contribution in [3.63, 3.8) is 0 Å². The first kappa shape index (κ1) is 15.4. The number of likely N-dealkylation sites (N-methyl/N-ethyl adjacent to an activating group) is 1. The second-order valence-electron chi connectivity index (χ2n) is 5.63. The Morgan fingerprint density at radius 1 is 1.13 bits per heavy atom. The van der Waals surface area contributed by atoms with Gasteiger partial charge in [-0.25, -0.2) is 9.37 Å². The van der Waals surface area contributed by atoms with E-state index in [4.69, 9.17) is 0 Å². The van der Waals surface area contributed by atoms with Gasteiger partial charge >= 0.3 is 0 Å². The topological polar surface area (TPSA) is 48.5 Å². The molecule has 0 radical (unpaired) electrons. The summed E-state index contributed by atoms with van der Waals surface area (Å²) in [4.78, 5) is 20.9. The van der Waals surface area contributed by atoms with Gasteiger partial charge < -0.3 is 15.1 Å². The smallest absolute Gasteiger partial charge is 0.259 e. The predicted octanol–water partition coefficient (Wildman–Crippen LogP) is 2.22. The molecule has 5 nitrogen and oxygen atoms in total. The minimum Gasteiger partial charge on any atom is -0.368 e. The molecule has 120 valence electrons. The molecule has 0 saturated carbocycles. The van der Waals surface area contributed by atoms with Crippen molar-refractivity contribution in [2.24, 2.45) is 0 Å². The third-order valence-electron chi connectivity index (χ3n) is 3.98. The normalized spacial score (nSPS) is 15.5. The average Bonchev–Trinajstić information content (AvgIpc) is 2.57. The van der Waals surface area contributed by atoms with Gasteiger partial charge in [-0.3, -0.25) is 4.79 Å². The number of benzene rings is 1. The van der Waals surface area contributed by atoms with Crippen molar-refractivity contribution < 1.29 is 9.18 Å². The van der Waals surface area contributed by atoms with Gasteiger partial charge in [-0.05, 0) is 31.3 Å². The Morgan fingerprint density at radius 2 is 1.87 bits per heavy atom. The average molecular weight is 314 g/mol. The predicted molar refractivity (Wildman–Crippen MR) is 88.3 cm³/mol. The summed E-state index contributed by atoms with van der Waals surface area (Å²) < 4.78 is 13.6. The van der Waals surface area contributed by atoms with Crippen molar-refractivity contribution in [2.45, 2.75) is 0 Å². The Hall–Kier alpha value is -2.47. The van der Waals surface area contributed by atoms with Crippen LogP contribution in [0.3, 0.4) is 0 Å². The number of carbonyl (C=O) groups is 1. The molecule has 0 spiro atoms. The van der Waals surface area contributed by atoms with Gasteiger partial charge in [0.05, 0.1) is 17.4 Å². The van der Waals surface area contributed by atoms with E-state index in [2.05, 4.69) is 27.1 Å². The van der Waals surface area contributed by atoms with E-state index < -0.39 is 11.7 Å². The van der Waals surface area contributed by atoms with Crippen LogP contribution < -0.4 is 10.2 Å². The Labute approximate surface area is 134 Å². The van der Waals surface area contributed by atoms with Crippen LogP contribution in [0.1, 0.15) is 10.4 Å². The van der Waals surface area contributed by atoms with Crippen LogP contribution in [0.2, 0.25) is 0 Å². The first-order valence-corrected chi connectivity index (χ1v) is 7.59. The van der Waals surface area contributed by atoms with Gasteiger partial charge in [0, 0.05) is 26.2 Å². The molecule has 1 N–H and O–H groups in total. The van der Waals surface area contributed by atoms with Gasteiger partial charge in [0.2, 0.25) is 0 Å². The van der Waals surface area contributed by atoms with E-state index in [9.17, 15) is 9.18 Å². The summed E-state index contributed by atoms with van der Waals surface area (Å²) in [6, 6.07) is 9.56. The number of carbonyl (C=O) groups excluding carboxylic acids is 1.